The van der Waals surface area contributed by atoms with Crippen LogP contribution >= 0.6 is 0 Å². The van der Waals surface area contributed by atoms with Gasteiger partial charge in [-0.1, -0.05) is 0 Å². The Hall–Kier alpha value is -3.61. The summed E-state index contributed by atoms with van der Waals surface area (Å²) in [4.78, 5) is 28.6. The number of hydrogen-bond donors (Lipinski definition) is 2. The van der Waals surface area contributed by atoms with E-state index in [0.717, 1.165) is 5.75 Å². The number of anilines is 1. The van der Waals surface area contributed by atoms with Gasteiger partial charge < -0.3 is 19.8 Å². The molecule has 2 aromatic heterocycles. The first-order valence-corrected chi connectivity index (χ1v) is 8.45. The Balaban J connectivity index is 1.63. The van der Waals surface area contributed by atoms with Gasteiger partial charge in [-0.25, -0.2) is 0 Å². The van der Waals surface area contributed by atoms with Gasteiger partial charge in [-0.05, 0) is 49.4 Å². The normalized spacial score (nSPS) is 10.3. The van der Waals surface area contributed by atoms with Crippen molar-refractivity contribution in [3.05, 3.63) is 78.0 Å². The largest absolute Gasteiger partial charge is 0.494 e. The zero-order valence-electron chi connectivity index (χ0n) is 14.8. The van der Waals surface area contributed by atoms with Crippen LogP contribution in [-0.4, -0.2) is 23.4 Å². The van der Waals surface area contributed by atoms with E-state index in [0.29, 0.717) is 23.6 Å². The van der Waals surface area contributed by atoms with E-state index in [4.69, 9.17) is 9.15 Å². The maximum Gasteiger partial charge on any atom is 0.257 e. The van der Waals surface area contributed by atoms with Crippen LogP contribution in [0, 0.1) is 0 Å². The molecule has 0 bridgehead atoms. The molecule has 2 heterocycles. The van der Waals surface area contributed by atoms with Crippen molar-refractivity contribution >= 4 is 17.5 Å². The molecule has 2 N–H and O–H groups in total. The van der Waals surface area contributed by atoms with Crippen molar-refractivity contribution in [2.45, 2.75) is 13.5 Å². The van der Waals surface area contributed by atoms with Gasteiger partial charge in [0.05, 0.1) is 30.5 Å². The molecule has 3 rings (SSSR count). The third-order valence-electron chi connectivity index (χ3n) is 3.69. The van der Waals surface area contributed by atoms with E-state index in [1.165, 1.54) is 24.7 Å². The second kappa shape index (κ2) is 8.66. The molecule has 0 aliphatic carbocycles. The van der Waals surface area contributed by atoms with Crippen LogP contribution < -0.4 is 15.4 Å². The van der Waals surface area contributed by atoms with Gasteiger partial charge in [0.2, 0.25) is 0 Å². The Labute approximate surface area is 156 Å². The van der Waals surface area contributed by atoms with Gasteiger partial charge in [-0.3, -0.25) is 14.6 Å². The number of carbonyl (C=O) groups excluding carboxylic acids is 2. The van der Waals surface area contributed by atoms with Crippen molar-refractivity contribution in [3.8, 4) is 5.75 Å². The molecule has 27 heavy (non-hydrogen) atoms. The molecule has 0 saturated carbocycles. The topological polar surface area (TPSA) is 93.5 Å². The molecule has 3 aromatic rings. The van der Waals surface area contributed by atoms with Crippen LogP contribution in [0.25, 0.3) is 0 Å². The maximum absolute atomic E-state index is 12.4. The number of rotatable bonds is 7. The number of nitrogens with zero attached hydrogens (tertiary/aromatic N) is 1. The number of furan rings is 1. The average molecular weight is 365 g/mol. The summed E-state index contributed by atoms with van der Waals surface area (Å²) >= 11 is 0. The summed E-state index contributed by atoms with van der Waals surface area (Å²) in [5.74, 6) is 0.676. The monoisotopic (exact) mass is 365 g/mol. The van der Waals surface area contributed by atoms with E-state index in [-0.39, 0.29) is 23.9 Å². The summed E-state index contributed by atoms with van der Waals surface area (Å²) < 4.78 is 10.5. The van der Waals surface area contributed by atoms with Gasteiger partial charge >= 0.3 is 0 Å². The predicted molar refractivity (Wildman–Crippen MR) is 99.7 cm³/mol. The molecular formula is C20H19N3O4. The first-order chi connectivity index (χ1) is 13.2. The standard InChI is InChI=1S/C20H19N3O4/c1-2-26-17-7-5-16(6-8-17)23-20(25)15-10-14(11-21-12-15)19(24)22-13-18-4-3-9-27-18/h3-12H,2,13H2,1H3,(H,22,24)(H,23,25). The van der Waals surface area contributed by atoms with Crippen LogP contribution in [0.15, 0.2) is 65.5 Å². The van der Waals surface area contributed by atoms with Gasteiger partial charge in [-0.15, -0.1) is 0 Å². The van der Waals surface area contributed by atoms with Crippen LogP contribution in [-0.2, 0) is 6.54 Å². The van der Waals surface area contributed by atoms with Crippen molar-refractivity contribution in [2.24, 2.45) is 0 Å². The number of carbonyl (C=O) groups is 2. The van der Waals surface area contributed by atoms with E-state index in [1.807, 2.05) is 6.92 Å². The molecule has 0 aliphatic heterocycles. The summed E-state index contributed by atoms with van der Waals surface area (Å²) in [6.45, 7) is 2.74. The molecule has 7 heteroatoms. The van der Waals surface area contributed by atoms with Crippen LogP contribution in [0.4, 0.5) is 5.69 Å². The summed E-state index contributed by atoms with van der Waals surface area (Å²) in [5.41, 5.74) is 1.20. The van der Waals surface area contributed by atoms with Crippen molar-refractivity contribution in [1.82, 2.24) is 10.3 Å². The Morgan fingerprint density at radius 3 is 2.48 bits per heavy atom. The lowest BCUT2D eigenvalue weighted by atomic mass is 10.1. The fraction of sp³-hybridized carbons (Fsp3) is 0.150. The molecule has 138 valence electrons. The number of pyridine rings is 1. The number of amides is 2. The molecular weight excluding hydrogens is 346 g/mol. The molecule has 0 saturated heterocycles. The maximum atomic E-state index is 12.4. The summed E-state index contributed by atoms with van der Waals surface area (Å²) in [6.07, 6.45) is 4.35. The van der Waals surface area contributed by atoms with Gasteiger partial charge in [-0.2, -0.15) is 0 Å². The van der Waals surface area contributed by atoms with E-state index < -0.39 is 0 Å². The van der Waals surface area contributed by atoms with Crippen molar-refractivity contribution in [1.29, 1.82) is 0 Å². The number of aromatic nitrogens is 1. The molecule has 0 atom stereocenters. The fourth-order valence-electron chi connectivity index (χ4n) is 2.38. The molecule has 1 aromatic carbocycles. The van der Waals surface area contributed by atoms with Gasteiger partial charge in [0.25, 0.3) is 11.8 Å². The molecule has 0 radical (unpaired) electrons. The summed E-state index contributed by atoms with van der Waals surface area (Å²) in [7, 11) is 0. The number of ether oxygens (including phenoxy) is 1. The van der Waals surface area contributed by atoms with Crippen LogP contribution in [0.3, 0.4) is 0 Å². The highest BCUT2D eigenvalue weighted by molar-refractivity contribution is 6.05. The molecule has 7 nitrogen and oxygen atoms in total. The van der Waals surface area contributed by atoms with Crippen LogP contribution in [0.1, 0.15) is 33.4 Å². The quantitative estimate of drug-likeness (QED) is 0.670. The molecule has 0 aliphatic rings. The second-order valence-electron chi connectivity index (χ2n) is 5.64. The molecule has 0 unspecified atom stereocenters. The number of hydrogen-bond acceptors (Lipinski definition) is 5. The highest BCUT2D eigenvalue weighted by atomic mass is 16.5. The van der Waals surface area contributed by atoms with Crippen molar-refractivity contribution < 1.29 is 18.7 Å². The van der Waals surface area contributed by atoms with Gasteiger partial charge in [0, 0.05) is 18.1 Å². The zero-order chi connectivity index (χ0) is 19.1. The Kier molecular flexibility index (Phi) is 5.84. The predicted octanol–water partition coefficient (Wildman–Crippen LogP) is 3.26. The van der Waals surface area contributed by atoms with E-state index in [9.17, 15) is 9.59 Å². The Bertz CT molecular complexity index is 905. The number of nitrogens with one attached hydrogen (secondary N) is 2. The summed E-state index contributed by atoms with van der Waals surface area (Å²) in [6, 6.07) is 12.0. The lowest BCUT2D eigenvalue weighted by Crippen LogP contribution is -2.23. The highest BCUT2D eigenvalue weighted by Gasteiger charge is 2.12. The highest BCUT2D eigenvalue weighted by Crippen LogP contribution is 2.16. The lowest BCUT2D eigenvalue weighted by Gasteiger charge is -2.08. The van der Waals surface area contributed by atoms with E-state index >= 15 is 0 Å². The van der Waals surface area contributed by atoms with E-state index in [1.54, 1.807) is 36.4 Å². The minimum atomic E-state index is -0.354. The lowest BCUT2D eigenvalue weighted by molar-refractivity contribution is 0.0947. The molecule has 0 fully saturated rings. The number of benzene rings is 1. The Morgan fingerprint density at radius 2 is 1.81 bits per heavy atom. The SMILES string of the molecule is CCOc1ccc(NC(=O)c2cncc(C(=O)NCc3ccco3)c2)cc1. The smallest absolute Gasteiger partial charge is 0.257 e. The third-order valence-corrected chi connectivity index (χ3v) is 3.69. The fourth-order valence-corrected chi connectivity index (χ4v) is 2.38. The molecule has 2 amide bonds. The second-order valence-corrected chi connectivity index (χ2v) is 5.64. The third kappa shape index (κ3) is 4.94. The summed E-state index contributed by atoms with van der Waals surface area (Å²) in [5, 5.41) is 5.48. The van der Waals surface area contributed by atoms with Crippen LogP contribution in [0.5, 0.6) is 5.75 Å². The average Bonchev–Trinajstić information content (AvgIpc) is 3.21. The van der Waals surface area contributed by atoms with E-state index in [2.05, 4.69) is 15.6 Å². The van der Waals surface area contributed by atoms with Gasteiger partial charge in [0.1, 0.15) is 11.5 Å². The van der Waals surface area contributed by atoms with Crippen molar-refractivity contribution in [3.63, 3.8) is 0 Å². The first kappa shape index (κ1) is 18.2. The minimum absolute atomic E-state index is 0.258. The van der Waals surface area contributed by atoms with Gasteiger partial charge in [0.15, 0.2) is 0 Å². The first-order valence-electron chi connectivity index (χ1n) is 8.45. The molecule has 0 spiro atoms. The zero-order valence-corrected chi connectivity index (χ0v) is 14.8. The van der Waals surface area contributed by atoms with Crippen molar-refractivity contribution in [2.75, 3.05) is 11.9 Å². The Morgan fingerprint density at radius 1 is 1.07 bits per heavy atom. The minimum Gasteiger partial charge on any atom is -0.494 e. The van der Waals surface area contributed by atoms with Crippen LogP contribution in [0.2, 0.25) is 0 Å².